The number of rotatable bonds is 8. The predicted octanol–water partition coefficient (Wildman–Crippen LogP) is 4.49. The maximum Gasteiger partial charge on any atom is 0.255 e. The van der Waals surface area contributed by atoms with Crippen LogP contribution in [0.5, 0.6) is 0 Å². The Labute approximate surface area is 204 Å². The Hall–Kier alpha value is -2.30. The molecule has 1 amide bonds. The summed E-state index contributed by atoms with van der Waals surface area (Å²) in [5.74, 6) is -0.613. The fraction of sp³-hybridized carbons (Fsp3) is 0.0952. The summed E-state index contributed by atoms with van der Waals surface area (Å²) < 4.78 is 28.3. The number of carbonyl (C=O) groups excluding carboxylic acids is 1. The molecule has 0 aliphatic rings. The largest absolute Gasteiger partial charge is 0.272 e. The van der Waals surface area contributed by atoms with E-state index in [0.717, 1.165) is 8.78 Å². The van der Waals surface area contributed by atoms with E-state index in [0.29, 0.717) is 16.3 Å². The minimum absolute atomic E-state index is 0.0468. The minimum Gasteiger partial charge on any atom is -0.272 e. The molecule has 32 heavy (non-hydrogen) atoms. The van der Waals surface area contributed by atoms with Crippen molar-refractivity contribution in [3.05, 3.63) is 92.6 Å². The normalized spacial score (nSPS) is 11.8. The van der Waals surface area contributed by atoms with Crippen molar-refractivity contribution in [2.24, 2.45) is 5.10 Å². The van der Waals surface area contributed by atoms with Crippen LogP contribution in [-0.2, 0) is 21.4 Å². The Balaban J connectivity index is 1.82. The van der Waals surface area contributed by atoms with Gasteiger partial charge >= 0.3 is 0 Å². The second kappa shape index (κ2) is 11.0. The number of carbonyl (C=O) groups is 1. The summed E-state index contributed by atoms with van der Waals surface area (Å²) in [6.07, 6.45) is 2.96. The highest BCUT2D eigenvalue weighted by Gasteiger charge is 2.27. The van der Waals surface area contributed by atoms with E-state index in [4.69, 9.17) is 23.2 Å². The second-order valence-corrected chi connectivity index (χ2v) is 10.2. The molecule has 0 spiro atoms. The molecule has 0 aliphatic carbocycles. The molecule has 0 fully saturated rings. The van der Waals surface area contributed by atoms with Crippen LogP contribution in [0, 0.1) is 0 Å². The van der Waals surface area contributed by atoms with Crippen LogP contribution in [0.2, 0.25) is 10.0 Å². The monoisotopic (exact) mass is 554 g/mol. The van der Waals surface area contributed by atoms with Gasteiger partial charge in [0.15, 0.2) is 0 Å². The first-order valence-electron chi connectivity index (χ1n) is 9.18. The van der Waals surface area contributed by atoms with Crippen molar-refractivity contribution < 1.29 is 13.2 Å². The molecule has 2 aromatic carbocycles. The molecular formula is C21H17BrCl2N4O3S. The van der Waals surface area contributed by atoms with Gasteiger partial charge in [-0.25, -0.2) is 13.8 Å². The van der Waals surface area contributed by atoms with Crippen molar-refractivity contribution in [2.75, 3.05) is 6.54 Å². The van der Waals surface area contributed by atoms with Gasteiger partial charge in [0.05, 0.1) is 33.4 Å². The molecule has 3 aromatic rings. The zero-order chi connectivity index (χ0) is 23.1. The summed E-state index contributed by atoms with van der Waals surface area (Å²) in [5, 5.41) is 4.47. The van der Waals surface area contributed by atoms with E-state index in [1.54, 1.807) is 54.7 Å². The summed E-state index contributed by atoms with van der Waals surface area (Å²) in [6, 6.07) is 16.2. The van der Waals surface area contributed by atoms with Crippen LogP contribution in [0.25, 0.3) is 0 Å². The molecule has 0 radical (unpaired) electrons. The Kier molecular flexibility index (Phi) is 8.38. The van der Waals surface area contributed by atoms with Gasteiger partial charge in [-0.05, 0) is 54.1 Å². The summed E-state index contributed by atoms with van der Waals surface area (Å²) >= 11 is 15.3. The lowest BCUT2D eigenvalue weighted by molar-refractivity contribution is -0.121. The zero-order valence-corrected chi connectivity index (χ0v) is 20.4. The smallest absolute Gasteiger partial charge is 0.255 e. The maximum absolute atomic E-state index is 13.3. The number of halogens is 3. The summed E-state index contributed by atoms with van der Waals surface area (Å²) in [6.45, 7) is -0.551. The molecule has 1 aromatic heterocycles. The van der Waals surface area contributed by atoms with Crippen molar-refractivity contribution >= 4 is 61.3 Å². The van der Waals surface area contributed by atoms with E-state index in [1.165, 1.54) is 18.3 Å². The second-order valence-electron chi connectivity index (χ2n) is 6.52. The van der Waals surface area contributed by atoms with E-state index in [1.807, 2.05) is 0 Å². The fourth-order valence-electron chi connectivity index (χ4n) is 2.64. The lowest BCUT2D eigenvalue weighted by Gasteiger charge is -2.22. The lowest BCUT2D eigenvalue weighted by atomic mass is 10.2. The molecule has 11 heteroatoms. The van der Waals surface area contributed by atoms with Crippen LogP contribution in [-0.4, -0.2) is 36.4 Å². The first kappa shape index (κ1) is 24.3. The van der Waals surface area contributed by atoms with E-state index in [-0.39, 0.29) is 16.5 Å². The third kappa shape index (κ3) is 6.60. The third-order valence-electron chi connectivity index (χ3n) is 4.19. The molecule has 0 aliphatic heterocycles. The third-order valence-corrected chi connectivity index (χ3v) is 7.26. The molecular weight excluding hydrogens is 539 g/mol. The number of benzene rings is 2. The zero-order valence-electron chi connectivity index (χ0n) is 16.5. The van der Waals surface area contributed by atoms with Crippen molar-refractivity contribution in [2.45, 2.75) is 11.4 Å². The number of aromatic nitrogens is 1. The number of sulfonamides is 1. The maximum atomic E-state index is 13.3. The molecule has 0 atom stereocenters. The van der Waals surface area contributed by atoms with Crippen LogP contribution in [0.4, 0.5) is 0 Å². The highest BCUT2D eigenvalue weighted by molar-refractivity contribution is 9.10. The van der Waals surface area contributed by atoms with Gasteiger partial charge in [0.1, 0.15) is 0 Å². The highest BCUT2D eigenvalue weighted by atomic mass is 79.9. The molecule has 0 saturated heterocycles. The van der Waals surface area contributed by atoms with Crippen LogP contribution in [0.1, 0.15) is 11.3 Å². The molecule has 166 valence electrons. The summed E-state index contributed by atoms with van der Waals surface area (Å²) in [4.78, 5) is 16.6. The number of nitrogens with zero attached hydrogens (tertiary/aromatic N) is 3. The van der Waals surface area contributed by atoms with Crippen LogP contribution in [0.15, 0.2) is 81.3 Å². The Morgan fingerprint density at radius 1 is 1.09 bits per heavy atom. The van der Waals surface area contributed by atoms with Crippen LogP contribution < -0.4 is 5.43 Å². The Morgan fingerprint density at radius 3 is 2.50 bits per heavy atom. The first-order chi connectivity index (χ1) is 15.3. The van der Waals surface area contributed by atoms with E-state index in [2.05, 4.69) is 31.4 Å². The van der Waals surface area contributed by atoms with Crippen molar-refractivity contribution in [3.8, 4) is 0 Å². The van der Waals surface area contributed by atoms with Gasteiger partial charge < -0.3 is 0 Å². The number of nitrogens with one attached hydrogen (secondary N) is 1. The number of pyridine rings is 1. The van der Waals surface area contributed by atoms with Crippen molar-refractivity contribution in [1.29, 1.82) is 0 Å². The molecule has 3 rings (SSSR count). The molecule has 1 heterocycles. The number of hydrogen-bond donors (Lipinski definition) is 1. The fourth-order valence-corrected chi connectivity index (χ4v) is 4.61. The lowest BCUT2D eigenvalue weighted by Crippen LogP contribution is -2.39. The Morgan fingerprint density at radius 2 is 1.84 bits per heavy atom. The van der Waals surface area contributed by atoms with E-state index >= 15 is 0 Å². The number of hydrogen-bond acceptors (Lipinski definition) is 5. The van der Waals surface area contributed by atoms with Crippen molar-refractivity contribution in [3.63, 3.8) is 0 Å². The van der Waals surface area contributed by atoms with Gasteiger partial charge in [-0.15, -0.1) is 0 Å². The molecule has 1 N–H and O–H groups in total. The number of hydrazone groups is 1. The summed E-state index contributed by atoms with van der Waals surface area (Å²) in [5.41, 5.74) is 3.45. The molecule has 0 saturated carbocycles. The SMILES string of the molecule is O=C(CN(Cc1ccc(Cl)c(Cl)c1)S(=O)(=O)c1ccc(Br)cc1)N/N=C/c1ccccn1. The minimum atomic E-state index is -4.00. The van der Waals surface area contributed by atoms with Gasteiger partial charge in [0.2, 0.25) is 10.0 Å². The van der Waals surface area contributed by atoms with Gasteiger partial charge in [-0.1, -0.05) is 51.3 Å². The van der Waals surface area contributed by atoms with Gasteiger partial charge in [-0.3, -0.25) is 9.78 Å². The summed E-state index contributed by atoms with van der Waals surface area (Å²) in [7, 11) is -4.00. The van der Waals surface area contributed by atoms with Crippen LogP contribution in [0.3, 0.4) is 0 Å². The van der Waals surface area contributed by atoms with Gasteiger partial charge in [0, 0.05) is 17.2 Å². The van der Waals surface area contributed by atoms with Crippen LogP contribution >= 0.6 is 39.1 Å². The average molecular weight is 556 g/mol. The first-order valence-corrected chi connectivity index (χ1v) is 12.2. The van der Waals surface area contributed by atoms with Gasteiger partial charge in [0.25, 0.3) is 5.91 Å². The highest BCUT2D eigenvalue weighted by Crippen LogP contribution is 2.25. The van der Waals surface area contributed by atoms with E-state index < -0.39 is 22.5 Å². The quantitative estimate of drug-likeness (QED) is 0.327. The molecule has 7 nitrogen and oxygen atoms in total. The molecule has 0 bridgehead atoms. The predicted molar refractivity (Wildman–Crippen MR) is 128 cm³/mol. The number of amides is 1. The molecule has 0 unspecified atom stereocenters. The topological polar surface area (TPSA) is 91.7 Å². The standard InChI is InChI=1S/C21H17BrCl2N4O3S/c22-16-5-7-18(8-6-16)32(30,31)28(13-15-4-9-19(23)20(24)11-15)14-21(29)27-26-12-17-3-1-2-10-25-17/h1-12H,13-14H2,(H,27,29)/b26-12+. The van der Waals surface area contributed by atoms with E-state index in [9.17, 15) is 13.2 Å². The van der Waals surface area contributed by atoms with Gasteiger partial charge in [-0.2, -0.15) is 9.41 Å². The van der Waals surface area contributed by atoms with Crippen molar-refractivity contribution in [1.82, 2.24) is 14.7 Å². The average Bonchev–Trinajstić information content (AvgIpc) is 2.77. The Bertz CT molecular complexity index is 1220.